The van der Waals surface area contributed by atoms with Crippen molar-refractivity contribution >= 4 is 36.5 Å². The fourth-order valence-corrected chi connectivity index (χ4v) is 4.40. The smallest absolute Gasteiger partial charge is 0.408 e. The number of carbonyl (C=O) groups excluding carboxylic acids is 3. The van der Waals surface area contributed by atoms with Crippen molar-refractivity contribution in [2.75, 3.05) is 13.0 Å². The van der Waals surface area contributed by atoms with E-state index in [9.17, 15) is 19.1 Å². The molecule has 2 amide bonds. The molecule has 0 bridgehead atoms. The van der Waals surface area contributed by atoms with Gasteiger partial charge in [0.1, 0.15) is 18.2 Å². The molecular formula is C28H32BN3O6S. The van der Waals surface area contributed by atoms with Gasteiger partial charge in [-0.15, -0.1) is 0 Å². The van der Waals surface area contributed by atoms with E-state index in [0.717, 1.165) is 28.7 Å². The van der Waals surface area contributed by atoms with Gasteiger partial charge in [0.2, 0.25) is 0 Å². The quantitative estimate of drug-likeness (QED) is 0.178. The van der Waals surface area contributed by atoms with Crippen molar-refractivity contribution in [1.29, 1.82) is 0 Å². The van der Waals surface area contributed by atoms with Crippen molar-refractivity contribution in [1.82, 2.24) is 16.0 Å². The molecule has 0 aliphatic heterocycles. The van der Waals surface area contributed by atoms with Gasteiger partial charge in [-0.05, 0) is 26.3 Å². The van der Waals surface area contributed by atoms with Crippen LogP contribution in [-0.4, -0.2) is 49.8 Å². The molecule has 204 valence electrons. The van der Waals surface area contributed by atoms with Crippen LogP contribution < -0.4 is 16.0 Å². The van der Waals surface area contributed by atoms with Crippen molar-refractivity contribution in [3.63, 3.8) is 0 Å². The molecule has 39 heavy (non-hydrogen) atoms. The first-order valence-corrected chi connectivity index (χ1v) is 13.3. The minimum absolute atomic E-state index is 0.0341. The molecule has 0 fully saturated rings. The molecule has 0 aliphatic rings. The molecular weight excluding hydrogens is 517 g/mol. The van der Waals surface area contributed by atoms with Crippen LogP contribution in [0, 0.1) is 0 Å². The summed E-state index contributed by atoms with van der Waals surface area (Å²) in [4.78, 5) is 39.4. The molecule has 3 aromatic rings. The number of esters is 1. The van der Waals surface area contributed by atoms with Gasteiger partial charge in [-0.25, -0.2) is 9.59 Å². The van der Waals surface area contributed by atoms with Gasteiger partial charge < -0.3 is 14.8 Å². The molecule has 0 spiro atoms. The number of nitrogens with one attached hydrogen (secondary N) is 3. The first-order chi connectivity index (χ1) is 18.6. The Balaban J connectivity index is 1.62. The van der Waals surface area contributed by atoms with Crippen LogP contribution in [0.2, 0.25) is 0 Å². The molecule has 0 saturated carbocycles. The summed E-state index contributed by atoms with van der Waals surface area (Å²) >= 11 is 1.30. The van der Waals surface area contributed by atoms with Crippen LogP contribution in [0.25, 0.3) is 10.4 Å². The number of rotatable bonds is 12. The third-order valence-electron chi connectivity index (χ3n) is 5.26. The number of alkyl carbamates (subject to hydrolysis) is 1. The summed E-state index contributed by atoms with van der Waals surface area (Å²) in [5.41, 5.74) is 1.97. The Bertz CT molecular complexity index is 1280. The SMILES string of the molecule is CC(C)(C)OC(=O)C(CNC(=O)c1ccc(-c2cccc(CNCB=O)c2)s1)NC(=O)OCc1ccccc1. The van der Waals surface area contributed by atoms with E-state index in [0.29, 0.717) is 11.4 Å². The molecule has 1 unspecified atom stereocenters. The zero-order valence-corrected chi connectivity index (χ0v) is 23.0. The molecule has 1 atom stereocenters. The summed E-state index contributed by atoms with van der Waals surface area (Å²) in [6.07, 6.45) is -0.526. The van der Waals surface area contributed by atoms with Crippen molar-refractivity contribution in [2.24, 2.45) is 0 Å². The van der Waals surface area contributed by atoms with Crippen molar-refractivity contribution in [2.45, 2.75) is 45.6 Å². The second-order valence-corrected chi connectivity index (χ2v) is 10.7. The van der Waals surface area contributed by atoms with E-state index < -0.39 is 23.7 Å². The van der Waals surface area contributed by atoms with Gasteiger partial charge in [-0.2, -0.15) is 0 Å². The molecule has 1 heterocycles. The van der Waals surface area contributed by atoms with Crippen molar-refractivity contribution < 1.29 is 28.6 Å². The number of carbonyl (C=O) groups is 3. The molecule has 0 aliphatic carbocycles. The van der Waals surface area contributed by atoms with Crippen LogP contribution in [0.15, 0.2) is 66.7 Å². The van der Waals surface area contributed by atoms with E-state index in [-0.39, 0.29) is 25.5 Å². The topological polar surface area (TPSA) is 123 Å². The van der Waals surface area contributed by atoms with Gasteiger partial charge in [0.05, 0.1) is 0 Å². The summed E-state index contributed by atoms with van der Waals surface area (Å²) < 4.78 is 21.2. The Morgan fingerprint density at radius 1 is 0.974 bits per heavy atom. The number of hydrogen-bond acceptors (Lipinski definition) is 8. The van der Waals surface area contributed by atoms with E-state index in [4.69, 9.17) is 9.47 Å². The molecule has 0 radical (unpaired) electrons. The summed E-state index contributed by atoms with van der Waals surface area (Å²) in [6, 6.07) is 19.4. The Labute approximate surface area is 232 Å². The van der Waals surface area contributed by atoms with Gasteiger partial charge in [0.15, 0.2) is 0 Å². The van der Waals surface area contributed by atoms with E-state index in [1.54, 1.807) is 26.8 Å². The molecule has 11 heteroatoms. The van der Waals surface area contributed by atoms with Crippen molar-refractivity contribution in [3.05, 3.63) is 82.7 Å². The Morgan fingerprint density at radius 2 is 1.72 bits per heavy atom. The van der Waals surface area contributed by atoms with Gasteiger partial charge in [0.25, 0.3) is 0 Å². The first kappa shape index (κ1) is 29.7. The fourth-order valence-electron chi connectivity index (χ4n) is 3.48. The van der Waals surface area contributed by atoms with Gasteiger partial charge in [-0.1, -0.05) is 30.3 Å². The maximum absolute atomic E-state index is 12.9. The average molecular weight is 549 g/mol. The van der Waals surface area contributed by atoms with Gasteiger partial charge in [-0.3, -0.25) is 0 Å². The molecule has 1 aromatic heterocycles. The summed E-state index contributed by atoms with van der Waals surface area (Å²) in [5.74, 6) is -1.07. The molecule has 3 N–H and O–H groups in total. The predicted molar refractivity (Wildman–Crippen MR) is 150 cm³/mol. The number of thiophene rings is 1. The molecule has 3 rings (SSSR count). The van der Waals surface area contributed by atoms with E-state index in [2.05, 4.69) is 16.0 Å². The standard InChI is InChI=1S/C28H32BN3O6S/c1-28(2,3)38-26(34)22(32-27(35)37-17-19-8-5-4-6-9-19)16-31-25(33)24-13-12-23(39-24)21-11-7-10-20(14-21)15-30-18-29-36/h4-14,22,30H,15-18H2,1-3H3,(H,31,33)(H,32,35). The summed E-state index contributed by atoms with van der Waals surface area (Å²) in [6.45, 7) is 5.56. The molecule has 2 aromatic carbocycles. The maximum Gasteiger partial charge on any atom is 0.408 e. The summed E-state index contributed by atoms with van der Waals surface area (Å²) in [5, 5.41) is 8.24. The third-order valence-corrected chi connectivity index (χ3v) is 6.39. The van der Waals surface area contributed by atoms with E-state index >= 15 is 0 Å². The van der Waals surface area contributed by atoms with Crippen LogP contribution in [0.4, 0.5) is 4.79 Å². The number of ether oxygens (including phenoxy) is 2. The first-order valence-electron chi connectivity index (χ1n) is 12.5. The largest absolute Gasteiger partial charge is 0.445 e. The van der Waals surface area contributed by atoms with Crippen molar-refractivity contribution in [3.8, 4) is 10.4 Å². The van der Waals surface area contributed by atoms with E-state index in [1.165, 1.54) is 11.3 Å². The Hall–Kier alpha value is -3.83. The van der Waals surface area contributed by atoms with Crippen LogP contribution in [0.3, 0.4) is 0 Å². The molecule has 0 saturated heterocycles. The van der Waals surface area contributed by atoms with Gasteiger partial charge in [0, 0.05) is 0 Å². The zero-order valence-electron chi connectivity index (χ0n) is 22.2. The minimum Gasteiger partial charge on any atom is -0.445 e. The van der Waals surface area contributed by atoms with Gasteiger partial charge >= 0.3 is 133 Å². The average Bonchev–Trinajstić information content (AvgIpc) is 3.40. The number of hydrogen-bond donors (Lipinski definition) is 3. The number of amides is 2. The predicted octanol–water partition coefficient (Wildman–Crippen LogP) is 3.88. The second kappa shape index (κ2) is 14.4. The van der Waals surface area contributed by atoms with Crippen LogP contribution in [0.1, 0.15) is 41.6 Å². The third kappa shape index (κ3) is 10.1. The monoisotopic (exact) mass is 549 g/mol. The number of benzene rings is 2. The van der Waals surface area contributed by atoms with Crippen LogP contribution >= 0.6 is 11.3 Å². The normalized spacial score (nSPS) is 11.7. The van der Waals surface area contributed by atoms with Crippen LogP contribution in [-0.2, 0) is 32.1 Å². The van der Waals surface area contributed by atoms with Crippen LogP contribution in [0.5, 0.6) is 0 Å². The molecule has 9 nitrogen and oxygen atoms in total. The Kier molecular flexibility index (Phi) is 10.9. The second-order valence-electron chi connectivity index (χ2n) is 9.66. The maximum atomic E-state index is 12.9. The summed E-state index contributed by atoms with van der Waals surface area (Å²) in [7, 11) is 0.810. The minimum atomic E-state index is -1.15. The Morgan fingerprint density at radius 3 is 2.44 bits per heavy atom. The fraction of sp³-hybridized carbons (Fsp3) is 0.321. The van der Waals surface area contributed by atoms with E-state index in [1.807, 2.05) is 60.7 Å². The zero-order chi connectivity index (χ0) is 28.3.